The van der Waals surface area contributed by atoms with Crippen molar-refractivity contribution in [3.63, 3.8) is 0 Å². The average molecular weight is 224 g/mol. The number of nitrogens with one attached hydrogen (secondary N) is 1. The zero-order valence-electron chi connectivity index (χ0n) is 9.99. The van der Waals surface area contributed by atoms with E-state index in [1.807, 2.05) is 13.2 Å². The van der Waals surface area contributed by atoms with E-state index in [0.717, 1.165) is 24.1 Å². The predicted octanol–water partition coefficient (Wildman–Crippen LogP) is 0.338. The molecule has 0 atom stereocenters. The Labute approximate surface area is 96.0 Å². The molecule has 90 valence electrons. The summed E-state index contributed by atoms with van der Waals surface area (Å²) >= 11 is 0. The van der Waals surface area contributed by atoms with Gasteiger partial charge in [0.05, 0.1) is 5.69 Å². The molecule has 0 saturated heterocycles. The van der Waals surface area contributed by atoms with Crippen LogP contribution in [0.3, 0.4) is 0 Å². The van der Waals surface area contributed by atoms with Gasteiger partial charge >= 0.3 is 0 Å². The van der Waals surface area contributed by atoms with Crippen molar-refractivity contribution in [3.8, 4) is 0 Å². The highest BCUT2D eigenvalue weighted by Gasteiger charge is 2.07. The van der Waals surface area contributed by atoms with Gasteiger partial charge in [-0.1, -0.05) is 6.92 Å². The van der Waals surface area contributed by atoms with Crippen molar-refractivity contribution in [2.24, 2.45) is 12.8 Å². The van der Waals surface area contributed by atoms with Crippen LogP contribution in [0, 0.1) is 0 Å². The van der Waals surface area contributed by atoms with Crippen LogP contribution in [-0.2, 0) is 24.8 Å². The van der Waals surface area contributed by atoms with Gasteiger partial charge in [0.2, 0.25) is 5.91 Å². The van der Waals surface area contributed by atoms with Gasteiger partial charge in [0, 0.05) is 31.8 Å². The lowest BCUT2D eigenvalue weighted by Gasteiger charge is -2.03. The first-order chi connectivity index (χ1) is 7.67. The number of hydrogen-bond donors (Lipinski definition) is 2. The number of aryl methyl sites for hydroxylation is 2. The SMILES string of the molecule is CCc1nn(C)cc1CNC(=O)CCCN. The zero-order chi connectivity index (χ0) is 12.0. The molecular weight excluding hydrogens is 204 g/mol. The Morgan fingerprint density at radius 1 is 1.62 bits per heavy atom. The highest BCUT2D eigenvalue weighted by atomic mass is 16.1. The molecule has 1 rings (SSSR count). The first-order valence-electron chi connectivity index (χ1n) is 5.65. The van der Waals surface area contributed by atoms with Gasteiger partial charge in [-0.15, -0.1) is 0 Å². The monoisotopic (exact) mass is 224 g/mol. The van der Waals surface area contributed by atoms with Gasteiger partial charge < -0.3 is 11.1 Å². The van der Waals surface area contributed by atoms with E-state index >= 15 is 0 Å². The third-order valence-electron chi connectivity index (χ3n) is 2.41. The summed E-state index contributed by atoms with van der Waals surface area (Å²) in [6, 6.07) is 0. The maximum Gasteiger partial charge on any atom is 0.220 e. The quantitative estimate of drug-likeness (QED) is 0.731. The average Bonchev–Trinajstić information content (AvgIpc) is 2.64. The van der Waals surface area contributed by atoms with Gasteiger partial charge in [0.25, 0.3) is 0 Å². The maximum atomic E-state index is 11.4. The second-order valence-corrected chi connectivity index (χ2v) is 3.80. The Bertz CT molecular complexity index is 346. The van der Waals surface area contributed by atoms with Crippen LogP contribution in [0.15, 0.2) is 6.20 Å². The van der Waals surface area contributed by atoms with E-state index in [-0.39, 0.29) is 5.91 Å². The first-order valence-corrected chi connectivity index (χ1v) is 5.65. The summed E-state index contributed by atoms with van der Waals surface area (Å²) in [5, 5.41) is 7.19. The molecule has 0 unspecified atom stereocenters. The fourth-order valence-corrected chi connectivity index (χ4v) is 1.57. The molecule has 1 amide bonds. The topological polar surface area (TPSA) is 72.9 Å². The van der Waals surface area contributed by atoms with Crippen molar-refractivity contribution in [3.05, 3.63) is 17.5 Å². The maximum absolute atomic E-state index is 11.4. The standard InChI is InChI=1S/C11H20N4O/c1-3-10-9(8-15(2)14-10)7-13-11(16)5-4-6-12/h8H,3-7,12H2,1-2H3,(H,13,16). The van der Waals surface area contributed by atoms with Gasteiger partial charge in [-0.2, -0.15) is 5.10 Å². The van der Waals surface area contributed by atoms with Crippen molar-refractivity contribution < 1.29 is 4.79 Å². The van der Waals surface area contributed by atoms with Crippen LogP contribution in [-0.4, -0.2) is 22.2 Å². The molecule has 0 aliphatic rings. The summed E-state index contributed by atoms with van der Waals surface area (Å²) < 4.78 is 1.78. The fourth-order valence-electron chi connectivity index (χ4n) is 1.57. The van der Waals surface area contributed by atoms with Crippen LogP contribution in [0.25, 0.3) is 0 Å². The number of nitrogens with two attached hydrogens (primary N) is 1. The van der Waals surface area contributed by atoms with E-state index in [4.69, 9.17) is 5.73 Å². The molecule has 0 aromatic carbocycles. The summed E-state index contributed by atoms with van der Waals surface area (Å²) in [5.41, 5.74) is 7.47. The number of nitrogens with zero attached hydrogens (tertiary/aromatic N) is 2. The Balaban J connectivity index is 2.44. The number of amides is 1. The van der Waals surface area contributed by atoms with Crippen molar-refractivity contribution >= 4 is 5.91 Å². The predicted molar refractivity (Wildman–Crippen MR) is 62.7 cm³/mol. The second kappa shape index (κ2) is 6.27. The molecule has 0 spiro atoms. The number of carbonyl (C=O) groups excluding carboxylic acids is 1. The lowest BCUT2D eigenvalue weighted by Crippen LogP contribution is -2.23. The summed E-state index contributed by atoms with van der Waals surface area (Å²) in [4.78, 5) is 11.4. The number of rotatable bonds is 6. The van der Waals surface area contributed by atoms with Crippen molar-refractivity contribution in [2.75, 3.05) is 6.54 Å². The molecule has 1 heterocycles. The third kappa shape index (κ3) is 3.66. The molecule has 0 bridgehead atoms. The Morgan fingerprint density at radius 3 is 3.00 bits per heavy atom. The van der Waals surface area contributed by atoms with Crippen molar-refractivity contribution in [2.45, 2.75) is 32.7 Å². The van der Waals surface area contributed by atoms with E-state index in [1.54, 1.807) is 4.68 Å². The second-order valence-electron chi connectivity index (χ2n) is 3.80. The molecular formula is C11H20N4O. The summed E-state index contributed by atoms with van der Waals surface area (Å²) in [7, 11) is 1.89. The molecule has 0 fully saturated rings. The van der Waals surface area contributed by atoms with Gasteiger partial charge in [-0.05, 0) is 19.4 Å². The van der Waals surface area contributed by atoms with Crippen LogP contribution in [0.4, 0.5) is 0 Å². The lowest BCUT2D eigenvalue weighted by atomic mass is 10.2. The first kappa shape index (κ1) is 12.7. The van der Waals surface area contributed by atoms with E-state index in [0.29, 0.717) is 19.5 Å². The molecule has 0 aliphatic carbocycles. The largest absolute Gasteiger partial charge is 0.352 e. The van der Waals surface area contributed by atoms with Crippen LogP contribution in [0.1, 0.15) is 31.0 Å². The molecule has 0 aliphatic heterocycles. The molecule has 0 radical (unpaired) electrons. The van der Waals surface area contributed by atoms with E-state index in [1.165, 1.54) is 0 Å². The van der Waals surface area contributed by atoms with Crippen molar-refractivity contribution in [1.29, 1.82) is 0 Å². The highest BCUT2D eigenvalue weighted by molar-refractivity contribution is 5.75. The van der Waals surface area contributed by atoms with Gasteiger partial charge in [0.15, 0.2) is 0 Å². The van der Waals surface area contributed by atoms with Crippen molar-refractivity contribution in [1.82, 2.24) is 15.1 Å². The molecule has 0 saturated carbocycles. The third-order valence-corrected chi connectivity index (χ3v) is 2.41. The number of aromatic nitrogens is 2. The molecule has 1 aromatic rings. The van der Waals surface area contributed by atoms with Crippen LogP contribution >= 0.6 is 0 Å². The number of hydrogen-bond acceptors (Lipinski definition) is 3. The Morgan fingerprint density at radius 2 is 2.38 bits per heavy atom. The molecule has 5 heteroatoms. The van der Waals surface area contributed by atoms with Crippen LogP contribution < -0.4 is 11.1 Å². The minimum absolute atomic E-state index is 0.0522. The van der Waals surface area contributed by atoms with Gasteiger partial charge in [-0.25, -0.2) is 0 Å². The summed E-state index contributed by atoms with van der Waals surface area (Å²) in [6.45, 7) is 3.17. The van der Waals surface area contributed by atoms with Crippen LogP contribution in [0.2, 0.25) is 0 Å². The molecule has 16 heavy (non-hydrogen) atoms. The normalized spacial score (nSPS) is 10.4. The Hall–Kier alpha value is -1.36. The lowest BCUT2D eigenvalue weighted by molar-refractivity contribution is -0.121. The zero-order valence-corrected chi connectivity index (χ0v) is 9.99. The summed E-state index contributed by atoms with van der Waals surface area (Å²) in [6.07, 6.45) is 4.06. The van der Waals surface area contributed by atoms with E-state index < -0.39 is 0 Å². The molecule has 3 N–H and O–H groups in total. The minimum Gasteiger partial charge on any atom is -0.352 e. The van der Waals surface area contributed by atoms with Gasteiger partial charge in [-0.3, -0.25) is 9.48 Å². The summed E-state index contributed by atoms with van der Waals surface area (Å²) in [5.74, 6) is 0.0522. The fraction of sp³-hybridized carbons (Fsp3) is 0.636. The van der Waals surface area contributed by atoms with Crippen LogP contribution in [0.5, 0.6) is 0 Å². The van der Waals surface area contributed by atoms with Gasteiger partial charge in [0.1, 0.15) is 0 Å². The van der Waals surface area contributed by atoms with E-state index in [2.05, 4.69) is 17.3 Å². The smallest absolute Gasteiger partial charge is 0.220 e. The van der Waals surface area contributed by atoms with E-state index in [9.17, 15) is 4.79 Å². The Kier molecular flexibility index (Phi) is 4.98. The number of carbonyl (C=O) groups is 1. The molecule has 5 nitrogen and oxygen atoms in total. The minimum atomic E-state index is 0.0522. The highest BCUT2D eigenvalue weighted by Crippen LogP contribution is 2.06. The molecule has 1 aromatic heterocycles.